The van der Waals surface area contributed by atoms with Crippen molar-refractivity contribution in [2.24, 2.45) is 12.8 Å². The van der Waals surface area contributed by atoms with Crippen LogP contribution in [0.25, 0.3) is 0 Å². The Morgan fingerprint density at radius 2 is 2.33 bits per heavy atom. The summed E-state index contributed by atoms with van der Waals surface area (Å²) in [5, 5.41) is 3.22. The molecule has 0 saturated carbocycles. The predicted octanol–water partition coefficient (Wildman–Crippen LogP) is 1.62. The van der Waals surface area contributed by atoms with Gasteiger partial charge in [0.25, 0.3) is 0 Å². The normalized spacial score (nSPS) is 10.3. The molecule has 0 saturated heterocycles. The third-order valence-electron chi connectivity index (χ3n) is 2.24. The third-order valence-corrected chi connectivity index (χ3v) is 2.24. The molecular formula is C11H14N4. The first kappa shape index (κ1) is 9.73. The fourth-order valence-electron chi connectivity index (χ4n) is 1.39. The van der Waals surface area contributed by atoms with Crippen LogP contribution in [0.5, 0.6) is 0 Å². The summed E-state index contributed by atoms with van der Waals surface area (Å²) >= 11 is 0. The fourth-order valence-corrected chi connectivity index (χ4v) is 1.39. The van der Waals surface area contributed by atoms with Crippen molar-refractivity contribution in [3.8, 4) is 0 Å². The van der Waals surface area contributed by atoms with E-state index in [0.29, 0.717) is 6.54 Å². The topological polar surface area (TPSA) is 55.9 Å². The van der Waals surface area contributed by atoms with Gasteiger partial charge in [-0.2, -0.15) is 0 Å². The zero-order chi connectivity index (χ0) is 10.7. The molecule has 0 spiro atoms. The zero-order valence-corrected chi connectivity index (χ0v) is 8.64. The highest BCUT2D eigenvalue weighted by Crippen LogP contribution is 2.15. The fraction of sp³-hybridized carbons (Fsp3) is 0.182. The van der Waals surface area contributed by atoms with Gasteiger partial charge in [-0.05, 0) is 17.7 Å². The molecule has 78 valence electrons. The van der Waals surface area contributed by atoms with Crippen LogP contribution in [-0.4, -0.2) is 9.55 Å². The summed E-state index contributed by atoms with van der Waals surface area (Å²) < 4.78 is 1.93. The molecule has 1 aromatic heterocycles. The van der Waals surface area contributed by atoms with Gasteiger partial charge in [-0.3, -0.25) is 0 Å². The van der Waals surface area contributed by atoms with Crippen LogP contribution < -0.4 is 11.1 Å². The number of nitrogens with two attached hydrogens (primary N) is 1. The first-order chi connectivity index (χ1) is 7.29. The maximum absolute atomic E-state index is 5.57. The Bertz CT molecular complexity index is 447. The Balaban J connectivity index is 2.21. The van der Waals surface area contributed by atoms with Gasteiger partial charge in [0.2, 0.25) is 5.95 Å². The number of hydrogen-bond donors (Lipinski definition) is 2. The second-order valence-corrected chi connectivity index (χ2v) is 3.39. The van der Waals surface area contributed by atoms with Crippen LogP contribution in [0.3, 0.4) is 0 Å². The minimum Gasteiger partial charge on any atom is -0.326 e. The van der Waals surface area contributed by atoms with Crippen LogP contribution in [0, 0.1) is 0 Å². The molecule has 15 heavy (non-hydrogen) atoms. The van der Waals surface area contributed by atoms with Gasteiger partial charge in [0.15, 0.2) is 0 Å². The highest BCUT2D eigenvalue weighted by molar-refractivity contribution is 5.54. The van der Waals surface area contributed by atoms with E-state index in [-0.39, 0.29) is 0 Å². The maximum Gasteiger partial charge on any atom is 0.207 e. The first-order valence-corrected chi connectivity index (χ1v) is 4.83. The number of rotatable bonds is 3. The van der Waals surface area contributed by atoms with E-state index in [4.69, 9.17) is 5.73 Å². The van der Waals surface area contributed by atoms with Gasteiger partial charge >= 0.3 is 0 Å². The van der Waals surface area contributed by atoms with Crippen molar-refractivity contribution < 1.29 is 0 Å². The molecule has 1 heterocycles. The van der Waals surface area contributed by atoms with Crippen molar-refractivity contribution in [3.63, 3.8) is 0 Å². The van der Waals surface area contributed by atoms with Crippen LogP contribution >= 0.6 is 0 Å². The minimum atomic E-state index is 0.552. The Morgan fingerprint density at radius 1 is 1.47 bits per heavy atom. The molecule has 0 radical (unpaired) electrons. The Labute approximate surface area is 88.7 Å². The van der Waals surface area contributed by atoms with Gasteiger partial charge in [0.05, 0.1) is 0 Å². The summed E-state index contributed by atoms with van der Waals surface area (Å²) in [6.07, 6.45) is 3.66. The second-order valence-electron chi connectivity index (χ2n) is 3.39. The quantitative estimate of drug-likeness (QED) is 0.795. The number of benzene rings is 1. The molecule has 0 unspecified atom stereocenters. The lowest BCUT2D eigenvalue weighted by atomic mass is 10.2. The molecule has 2 aromatic rings. The molecule has 0 aliphatic heterocycles. The van der Waals surface area contributed by atoms with Crippen molar-refractivity contribution in [1.82, 2.24) is 9.55 Å². The number of hydrogen-bond acceptors (Lipinski definition) is 3. The molecule has 0 atom stereocenters. The largest absolute Gasteiger partial charge is 0.326 e. The lowest BCUT2D eigenvalue weighted by Gasteiger charge is -2.06. The monoisotopic (exact) mass is 202 g/mol. The Morgan fingerprint density at radius 3 is 3.00 bits per heavy atom. The van der Waals surface area contributed by atoms with Crippen LogP contribution in [0.1, 0.15) is 5.56 Å². The van der Waals surface area contributed by atoms with Gasteiger partial charge in [0.1, 0.15) is 0 Å². The van der Waals surface area contributed by atoms with Gasteiger partial charge in [-0.15, -0.1) is 0 Å². The summed E-state index contributed by atoms with van der Waals surface area (Å²) in [4.78, 5) is 4.19. The van der Waals surface area contributed by atoms with Crippen molar-refractivity contribution >= 4 is 11.6 Å². The van der Waals surface area contributed by atoms with E-state index in [2.05, 4.69) is 10.3 Å². The van der Waals surface area contributed by atoms with Crippen molar-refractivity contribution in [1.29, 1.82) is 0 Å². The van der Waals surface area contributed by atoms with Crippen LogP contribution in [0.2, 0.25) is 0 Å². The molecule has 1 aromatic carbocycles. The van der Waals surface area contributed by atoms with E-state index in [0.717, 1.165) is 17.2 Å². The molecular weight excluding hydrogens is 188 g/mol. The van der Waals surface area contributed by atoms with E-state index < -0.39 is 0 Å². The second kappa shape index (κ2) is 4.14. The van der Waals surface area contributed by atoms with Crippen molar-refractivity contribution in [2.75, 3.05) is 5.32 Å². The molecule has 4 heteroatoms. The number of aromatic nitrogens is 2. The number of anilines is 2. The van der Waals surface area contributed by atoms with E-state index >= 15 is 0 Å². The SMILES string of the molecule is Cn1ccnc1Nc1cccc(CN)c1. The van der Waals surface area contributed by atoms with Gasteiger partial charge in [-0.1, -0.05) is 12.1 Å². The standard InChI is InChI=1S/C11H14N4/c1-15-6-5-13-11(15)14-10-4-2-3-9(7-10)8-12/h2-7H,8,12H2,1H3,(H,13,14). The molecule has 2 rings (SSSR count). The molecule has 0 aliphatic carbocycles. The number of nitrogens with one attached hydrogen (secondary N) is 1. The highest BCUT2D eigenvalue weighted by Gasteiger charge is 1.99. The number of aryl methyl sites for hydroxylation is 1. The summed E-state index contributed by atoms with van der Waals surface area (Å²) in [6, 6.07) is 8.00. The molecule has 4 nitrogen and oxygen atoms in total. The van der Waals surface area contributed by atoms with Gasteiger partial charge < -0.3 is 15.6 Å². The summed E-state index contributed by atoms with van der Waals surface area (Å²) in [6.45, 7) is 0.552. The summed E-state index contributed by atoms with van der Waals surface area (Å²) in [5.74, 6) is 0.823. The smallest absolute Gasteiger partial charge is 0.207 e. The Kier molecular flexibility index (Phi) is 2.69. The van der Waals surface area contributed by atoms with E-state index in [1.807, 2.05) is 42.1 Å². The van der Waals surface area contributed by atoms with Crippen LogP contribution in [-0.2, 0) is 13.6 Å². The molecule has 3 N–H and O–H groups in total. The molecule has 0 aliphatic rings. The molecule has 0 fully saturated rings. The lowest BCUT2D eigenvalue weighted by Crippen LogP contribution is -2.00. The van der Waals surface area contributed by atoms with Crippen LogP contribution in [0.15, 0.2) is 36.7 Å². The third kappa shape index (κ3) is 2.16. The maximum atomic E-state index is 5.57. The summed E-state index contributed by atoms with van der Waals surface area (Å²) in [7, 11) is 1.95. The van der Waals surface area contributed by atoms with E-state index in [1.165, 1.54) is 0 Å². The van der Waals surface area contributed by atoms with Crippen molar-refractivity contribution in [2.45, 2.75) is 6.54 Å². The highest BCUT2D eigenvalue weighted by atomic mass is 15.2. The minimum absolute atomic E-state index is 0.552. The van der Waals surface area contributed by atoms with Crippen LogP contribution in [0.4, 0.5) is 11.6 Å². The Hall–Kier alpha value is -1.81. The predicted molar refractivity (Wildman–Crippen MR) is 60.8 cm³/mol. The van der Waals surface area contributed by atoms with E-state index in [9.17, 15) is 0 Å². The number of nitrogens with zero attached hydrogens (tertiary/aromatic N) is 2. The first-order valence-electron chi connectivity index (χ1n) is 4.83. The molecule has 0 bridgehead atoms. The summed E-state index contributed by atoms with van der Waals surface area (Å²) in [5.41, 5.74) is 7.69. The van der Waals surface area contributed by atoms with E-state index in [1.54, 1.807) is 6.20 Å². The lowest BCUT2D eigenvalue weighted by molar-refractivity contribution is 0.924. The van der Waals surface area contributed by atoms with Gasteiger partial charge in [0, 0.05) is 31.7 Å². The zero-order valence-electron chi connectivity index (χ0n) is 8.64. The average Bonchev–Trinajstić information content (AvgIpc) is 2.65. The average molecular weight is 202 g/mol. The molecule has 0 amide bonds. The van der Waals surface area contributed by atoms with Crippen molar-refractivity contribution in [3.05, 3.63) is 42.2 Å². The number of imidazole rings is 1. The van der Waals surface area contributed by atoms with Gasteiger partial charge in [-0.25, -0.2) is 4.98 Å².